The van der Waals surface area contributed by atoms with E-state index in [4.69, 9.17) is 5.73 Å². The zero-order valence-corrected chi connectivity index (χ0v) is 16.8. The Kier molecular flexibility index (Phi) is 5.31. The molecule has 2 atom stereocenters. The van der Waals surface area contributed by atoms with Gasteiger partial charge in [0.25, 0.3) is 0 Å². The number of hydrogen-bond donors (Lipinski definition) is 2. The highest BCUT2D eigenvalue weighted by molar-refractivity contribution is 7.90. The lowest BCUT2D eigenvalue weighted by Gasteiger charge is -2.43. The lowest BCUT2D eigenvalue weighted by molar-refractivity contribution is -0.122. The van der Waals surface area contributed by atoms with E-state index < -0.39 is 27.2 Å². The molecule has 2 aliphatic rings. The Hall–Kier alpha value is -2.66. The smallest absolute Gasteiger partial charge is 0.223 e. The van der Waals surface area contributed by atoms with Crippen LogP contribution in [0.2, 0.25) is 0 Å². The van der Waals surface area contributed by atoms with E-state index in [0.29, 0.717) is 5.56 Å². The minimum Gasteiger partial charge on any atom is -0.374 e. The second-order valence-corrected chi connectivity index (χ2v) is 9.51. The van der Waals surface area contributed by atoms with Crippen molar-refractivity contribution in [1.82, 2.24) is 5.32 Å². The average Bonchev–Trinajstić information content (AvgIpc) is 3.20. The van der Waals surface area contributed by atoms with Crippen molar-refractivity contribution < 1.29 is 13.2 Å². The van der Waals surface area contributed by atoms with Crippen molar-refractivity contribution in [2.24, 2.45) is 22.6 Å². The summed E-state index contributed by atoms with van der Waals surface area (Å²) >= 11 is 0. The Balaban J connectivity index is 2.20. The molecule has 1 unspecified atom stereocenters. The van der Waals surface area contributed by atoms with Gasteiger partial charge >= 0.3 is 0 Å². The normalized spacial score (nSPS) is 23.9. The van der Waals surface area contributed by atoms with Gasteiger partial charge in [-0.1, -0.05) is 31.9 Å². The van der Waals surface area contributed by atoms with Gasteiger partial charge in [0.05, 0.1) is 16.5 Å². The first kappa shape index (κ1) is 20.1. The Labute approximate surface area is 165 Å². The monoisotopic (exact) mass is 400 g/mol. The first-order valence-electron chi connectivity index (χ1n) is 9.27. The van der Waals surface area contributed by atoms with Crippen LogP contribution in [0.25, 0.3) is 0 Å². The number of sulfone groups is 1. The minimum atomic E-state index is -3.35. The van der Waals surface area contributed by atoms with E-state index in [1.807, 2.05) is 0 Å². The number of carbonyl (C=O) groups excluding carboxylic acids is 1. The topological polar surface area (TPSA) is 125 Å². The van der Waals surface area contributed by atoms with Gasteiger partial charge < -0.3 is 11.1 Å². The summed E-state index contributed by atoms with van der Waals surface area (Å²) in [5.41, 5.74) is 6.36. The Morgan fingerprint density at radius 2 is 1.93 bits per heavy atom. The number of nitriles is 1. The van der Waals surface area contributed by atoms with Gasteiger partial charge in [0, 0.05) is 18.4 Å². The highest BCUT2D eigenvalue weighted by Crippen LogP contribution is 2.41. The predicted octanol–water partition coefficient (Wildman–Crippen LogP) is 2.01. The molecule has 8 heteroatoms. The summed E-state index contributed by atoms with van der Waals surface area (Å²) in [4.78, 5) is 17.1. The summed E-state index contributed by atoms with van der Waals surface area (Å²) < 4.78 is 23.7. The predicted molar refractivity (Wildman–Crippen MR) is 106 cm³/mol. The van der Waals surface area contributed by atoms with Crippen LogP contribution in [0.15, 0.2) is 46.1 Å². The molecule has 1 aromatic carbocycles. The molecule has 1 aromatic rings. The molecule has 1 amide bonds. The fourth-order valence-corrected chi connectivity index (χ4v) is 4.81. The lowest BCUT2D eigenvalue weighted by Crippen LogP contribution is -2.58. The van der Waals surface area contributed by atoms with Gasteiger partial charge in [0.1, 0.15) is 11.6 Å². The molecular formula is C20H24N4O3S. The quantitative estimate of drug-likeness (QED) is 0.782. The molecule has 1 fully saturated rings. The molecular weight excluding hydrogens is 376 g/mol. The number of rotatable bonds is 5. The van der Waals surface area contributed by atoms with Crippen LogP contribution in [0.1, 0.15) is 38.2 Å². The van der Waals surface area contributed by atoms with E-state index in [9.17, 15) is 18.5 Å². The molecule has 1 aliphatic heterocycles. The third-order valence-electron chi connectivity index (χ3n) is 5.75. The van der Waals surface area contributed by atoms with Crippen molar-refractivity contribution in [1.29, 1.82) is 5.26 Å². The zero-order valence-electron chi connectivity index (χ0n) is 16.0. The second kappa shape index (κ2) is 7.40. The Bertz CT molecular complexity index is 983. The van der Waals surface area contributed by atoms with Gasteiger partial charge in [0.15, 0.2) is 15.5 Å². The maximum absolute atomic E-state index is 12.3. The van der Waals surface area contributed by atoms with Crippen molar-refractivity contribution in [3.05, 3.63) is 41.7 Å². The van der Waals surface area contributed by atoms with Crippen molar-refractivity contribution in [3.63, 3.8) is 0 Å². The van der Waals surface area contributed by atoms with Gasteiger partial charge in [-0.25, -0.2) is 13.4 Å². The summed E-state index contributed by atoms with van der Waals surface area (Å²) in [6.07, 6.45) is 6.62. The molecule has 7 nitrogen and oxygen atoms in total. The van der Waals surface area contributed by atoms with Gasteiger partial charge in [0.2, 0.25) is 5.91 Å². The maximum atomic E-state index is 12.3. The second-order valence-electron chi connectivity index (χ2n) is 7.49. The van der Waals surface area contributed by atoms with Crippen molar-refractivity contribution in [3.8, 4) is 6.07 Å². The molecule has 0 spiro atoms. The molecule has 3 rings (SSSR count). The number of nitrogens with zero attached hydrogens (tertiary/aromatic N) is 2. The van der Waals surface area contributed by atoms with Crippen LogP contribution in [0, 0.1) is 23.2 Å². The number of allylic oxidation sites excluding steroid dienone is 1. The van der Waals surface area contributed by atoms with E-state index in [2.05, 4.69) is 16.4 Å². The molecule has 0 radical (unpaired) electrons. The first-order valence-corrected chi connectivity index (χ1v) is 11.2. The van der Waals surface area contributed by atoms with Crippen LogP contribution < -0.4 is 11.1 Å². The highest BCUT2D eigenvalue weighted by Gasteiger charge is 2.49. The number of aliphatic imine (C=N–C) groups is 1. The summed E-state index contributed by atoms with van der Waals surface area (Å²) in [5.74, 6) is -1.03. The van der Waals surface area contributed by atoms with Crippen LogP contribution in [0.5, 0.6) is 0 Å². The third kappa shape index (κ3) is 3.42. The number of primary amides is 1. The highest BCUT2D eigenvalue weighted by atomic mass is 32.2. The standard InChI is InChI=1S/C20H24N4O3S/c1-13(19(22)25)20(15-7-9-17(10-8-15)28(2,26)27)18(14-5-3-4-6-14)24-16(11-21)12-23-20/h7-10,12-14,23H,3-6H2,1-2H3,(H2,22,25)/t13-,20?/m0/s1. The van der Waals surface area contributed by atoms with Gasteiger partial charge in [-0.3, -0.25) is 4.79 Å². The van der Waals surface area contributed by atoms with Crippen molar-refractivity contribution in [2.75, 3.05) is 6.26 Å². The molecule has 28 heavy (non-hydrogen) atoms. The van der Waals surface area contributed by atoms with E-state index >= 15 is 0 Å². The average molecular weight is 401 g/mol. The molecule has 0 saturated heterocycles. The molecule has 0 bridgehead atoms. The van der Waals surface area contributed by atoms with Crippen LogP contribution in [-0.2, 0) is 20.2 Å². The number of nitrogens with one attached hydrogen (secondary N) is 1. The molecule has 1 aliphatic carbocycles. The molecule has 0 aromatic heterocycles. The van der Waals surface area contributed by atoms with Gasteiger partial charge in [-0.2, -0.15) is 5.26 Å². The third-order valence-corrected chi connectivity index (χ3v) is 6.88. The fourth-order valence-electron chi connectivity index (χ4n) is 4.18. The number of nitrogens with two attached hydrogens (primary N) is 1. The van der Waals surface area contributed by atoms with E-state index in [0.717, 1.165) is 37.7 Å². The van der Waals surface area contributed by atoms with Crippen LogP contribution in [-0.4, -0.2) is 26.3 Å². The summed E-state index contributed by atoms with van der Waals surface area (Å²) in [5, 5.41) is 12.6. The largest absolute Gasteiger partial charge is 0.374 e. The molecule has 1 saturated carbocycles. The zero-order chi connectivity index (χ0) is 20.5. The lowest BCUT2D eigenvalue weighted by atomic mass is 9.70. The van der Waals surface area contributed by atoms with E-state index in [1.54, 1.807) is 19.1 Å². The molecule has 148 valence electrons. The van der Waals surface area contributed by atoms with Crippen LogP contribution in [0.3, 0.4) is 0 Å². The van der Waals surface area contributed by atoms with E-state index in [1.165, 1.54) is 18.3 Å². The van der Waals surface area contributed by atoms with Crippen LogP contribution in [0.4, 0.5) is 0 Å². The number of carbonyl (C=O) groups is 1. The van der Waals surface area contributed by atoms with Crippen molar-refractivity contribution in [2.45, 2.75) is 43.0 Å². The summed E-state index contributed by atoms with van der Waals surface area (Å²) in [7, 11) is -3.35. The fraction of sp³-hybridized carbons (Fsp3) is 0.450. The summed E-state index contributed by atoms with van der Waals surface area (Å²) in [6, 6.07) is 8.50. The Morgan fingerprint density at radius 1 is 1.32 bits per heavy atom. The minimum absolute atomic E-state index is 0.126. The van der Waals surface area contributed by atoms with Crippen molar-refractivity contribution >= 4 is 21.5 Å². The Morgan fingerprint density at radius 3 is 2.43 bits per heavy atom. The molecule has 3 N–H and O–H groups in total. The van der Waals surface area contributed by atoms with E-state index in [-0.39, 0.29) is 16.5 Å². The first-order chi connectivity index (χ1) is 13.2. The number of hydrogen-bond acceptors (Lipinski definition) is 6. The maximum Gasteiger partial charge on any atom is 0.223 e. The number of amides is 1. The SMILES string of the molecule is C[C@@H](C(N)=O)C1(c2ccc(S(C)(=O)=O)cc2)NC=C(C#N)N=C1C1CCCC1. The molecule has 1 heterocycles. The van der Waals surface area contributed by atoms with Crippen LogP contribution >= 0.6 is 0 Å². The summed E-state index contributed by atoms with van der Waals surface area (Å²) in [6.45, 7) is 1.73. The number of benzene rings is 1. The van der Waals surface area contributed by atoms with Gasteiger partial charge in [-0.15, -0.1) is 0 Å². The van der Waals surface area contributed by atoms with Gasteiger partial charge in [-0.05, 0) is 30.5 Å².